The fourth-order valence-electron chi connectivity index (χ4n) is 3.71. The Morgan fingerprint density at radius 1 is 1.27 bits per heavy atom. The van der Waals surface area contributed by atoms with E-state index in [1.165, 1.54) is 18.2 Å². The van der Waals surface area contributed by atoms with Crippen molar-refractivity contribution in [3.8, 4) is 10.8 Å². The number of ether oxygens (including phenoxy) is 3. The van der Waals surface area contributed by atoms with Gasteiger partial charge in [0.05, 0.1) is 29.8 Å². The fourth-order valence-corrected chi connectivity index (χ4v) is 6.54. The third-order valence-corrected chi connectivity index (χ3v) is 8.74. The standard InChI is InChI=1S/C25H31F3N2O8S2/c1-6-19-29-22(23(39-19)36-14(2)3)40(34,35)30-13-16(8-10-20(31)32)37-18-9-7-15(11-17(18)30)12-21(33)38-24(4,5)25(26,27)28/h7,9,11,14,16H,6,8,10,12-13H2,1-5H3,(H,31,32)/t16-/m0/s1. The minimum atomic E-state index is -4.79. The highest BCUT2D eigenvalue weighted by atomic mass is 32.2. The second-order valence-corrected chi connectivity index (χ2v) is 12.7. The molecule has 15 heteroatoms. The lowest BCUT2D eigenvalue weighted by Gasteiger charge is -2.35. The van der Waals surface area contributed by atoms with Crippen LogP contribution in [-0.2, 0) is 37.2 Å². The van der Waals surface area contributed by atoms with Crippen LogP contribution in [0.2, 0.25) is 0 Å². The normalized spacial score (nSPS) is 15.9. The highest BCUT2D eigenvalue weighted by molar-refractivity contribution is 7.93. The molecule has 1 aromatic heterocycles. The molecule has 0 saturated heterocycles. The molecule has 1 N–H and O–H groups in total. The first-order valence-electron chi connectivity index (χ1n) is 12.4. The highest BCUT2D eigenvalue weighted by Gasteiger charge is 2.50. The molecule has 0 amide bonds. The monoisotopic (exact) mass is 608 g/mol. The second kappa shape index (κ2) is 11.8. The molecule has 0 bridgehead atoms. The average Bonchev–Trinajstić information content (AvgIpc) is 3.24. The average molecular weight is 609 g/mol. The van der Waals surface area contributed by atoms with Crippen LogP contribution in [0.25, 0.3) is 0 Å². The number of benzene rings is 1. The van der Waals surface area contributed by atoms with Gasteiger partial charge < -0.3 is 19.3 Å². The lowest BCUT2D eigenvalue weighted by atomic mass is 10.1. The van der Waals surface area contributed by atoms with E-state index >= 15 is 0 Å². The smallest absolute Gasteiger partial charge is 0.427 e. The number of aromatic nitrogens is 1. The first kappa shape index (κ1) is 31.5. The van der Waals surface area contributed by atoms with Gasteiger partial charge in [-0.15, -0.1) is 0 Å². The summed E-state index contributed by atoms with van der Waals surface area (Å²) in [5, 5.41) is 9.42. The number of anilines is 1. The Morgan fingerprint density at radius 2 is 1.95 bits per heavy atom. The van der Waals surface area contributed by atoms with Crippen molar-refractivity contribution in [2.24, 2.45) is 0 Å². The van der Waals surface area contributed by atoms with Crippen molar-refractivity contribution in [3.05, 3.63) is 28.8 Å². The molecule has 0 fully saturated rings. The third kappa shape index (κ3) is 7.16. The number of hydrogen-bond donors (Lipinski definition) is 1. The number of sulfonamides is 1. The molecule has 1 aromatic carbocycles. The molecule has 0 saturated carbocycles. The summed E-state index contributed by atoms with van der Waals surface area (Å²) in [6.07, 6.45) is -6.34. The van der Waals surface area contributed by atoms with Crippen LogP contribution >= 0.6 is 11.3 Å². The number of rotatable bonds is 11. The topological polar surface area (TPSA) is 132 Å². The van der Waals surface area contributed by atoms with Crippen LogP contribution in [-0.4, -0.2) is 61.0 Å². The van der Waals surface area contributed by atoms with Crippen LogP contribution in [0.15, 0.2) is 23.2 Å². The van der Waals surface area contributed by atoms with Gasteiger partial charge in [-0.3, -0.25) is 13.9 Å². The van der Waals surface area contributed by atoms with E-state index in [0.717, 1.165) is 29.5 Å². The van der Waals surface area contributed by atoms with Crippen molar-refractivity contribution in [1.29, 1.82) is 0 Å². The van der Waals surface area contributed by atoms with Gasteiger partial charge in [-0.1, -0.05) is 24.3 Å². The van der Waals surface area contributed by atoms with Crippen molar-refractivity contribution in [2.45, 2.75) is 89.3 Å². The van der Waals surface area contributed by atoms with Gasteiger partial charge in [0.2, 0.25) is 15.7 Å². The molecule has 0 unspecified atom stereocenters. The molecule has 0 radical (unpaired) electrons. The number of carboxylic acids is 1. The number of esters is 1. The van der Waals surface area contributed by atoms with E-state index in [4.69, 9.17) is 14.6 Å². The number of carbonyl (C=O) groups is 2. The van der Waals surface area contributed by atoms with E-state index in [0.29, 0.717) is 11.4 Å². The van der Waals surface area contributed by atoms with Gasteiger partial charge in [0, 0.05) is 6.42 Å². The second-order valence-electron chi connectivity index (χ2n) is 9.89. The lowest BCUT2D eigenvalue weighted by molar-refractivity contribution is -0.257. The predicted octanol–water partition coefficient (Wildman–Crippen LogP) is 4.74. The Bertz CT molecular complexity index is 1360. The van der Waals surface area contributed by atoms with E-state index in [1.54, 1.807) is 13.8 Å². The molecule has 1 atom stereocenters. The van der Waals surface area contributed by atoms with Crippen LogP contribution in [0.4, 0.5) is 18.9 Å². The van der Waals surface area contributed by atoms with Crippen molar-refractivity contribution in [3.63, 3.8) is 0 Å². The number of nitrogens with zero attached hydrogens (tertiary/aromatic N) is 2. The summed E-state index contributed by atoms with van der Waals surface area (Å²) in [4.78, 5) is 27.8. The van der Waals surface area contributed by atoms with E-state index < -0.39 is 46.3 Å². The largest absolute Gasteiger partial charge is 0.486 e. The zero-order valence-electron chi connectivity index (χ0n) is 22.6. The maximum Gasteiger partial charge on any atom is 0.427 e. The summed E-state index contributed by atoms with van der Waals surface area (Å²) >= 11 is 1.09. The van der Waals surface area contributed by atoms with Crippen LogP contribution in [0.1, 0.15) is 58.0 Å². The molecule has 40 heavy (non-hydrogen) atoms. The van der Waals surface area contributed by atoms with Crippen LogP contribution < -0.4 is 13.8 Å². The fraction of sp³-hybridized carbons (Fsp3) is 0.560. The van der Waals surface area contributed by atoms with E-state index in [1.807, 2.05) is 6.92 Å². The Kier molecular flexibility index (Phi) is 9.29. The number of carboxylic acid groups (broad SMARTS) is 1. The van der Waals surface area contributed by atoms with Crippen molar-refractivity contribution >= 4 is 39.0 Å². The number of thiazole rings is 1. The molecule has 10 nitrogen and oxygen atoms in total. The number of fused-ring (bicyclic) bond motifs is 1. The number of alkyl halides is 3. The van der Waals surface area contributed by atoms with Crippen molar-refractivity contribution < 1.29 is 50.5 Å². The third-order valence-electron chi connectivity index (χ3n) is 5.83. The number of aliphatic carboxylic acids is 1. The zero-order chi connectivity index (χ0) is 30.0. The summed E-state index contributed by atoms with van der Waals surface area (Å²) in [6.45, 7) is 6.47. The van der Waals surface area contributed by atoms with Gasteiger partial charge in [-0.25, -0.2) is 4.98 Å². The SMILES string of the molecule is CCc1nc(S(=O)(=O)N2C[C@H](CCC(=O)O)Oc3ccc(CC(=O)OC(C)(C)C(F)(F)F)cc32)c(OC(C)C)s1. The van der Waals surface area contributed by atoms with Gasteiger partial charge >= 0.3 is 18.1 Å². The summed E-state index contributed by atoms with van der Waals surface area (Å²) in [6, 6.07) is 4.10. The molecule has 1 aliphatic rings. The molecule has 0 aliphatic carbocycles. The Morgan fingerprint density at radius 3 is 2.52 bits per heavy atom. The van der Waals surface area contributed by atoms with Gasteiger partial charge in [0.25, 0.3) is 10.0 Å². The number of hydrogen-bond acceptors (Lipinski definition) is 9. The van der Waals surface area contributed by atoms with Crippen molar-refractivity contribution in [2.75, 3.05) is 10.8 Å². The van der Waals surface area contributed by atoms with Gasteiger partial charge in [0.15, 0.2) is 0 Å². The van der Waals surface area contributed by atoms with Crippen LogP contribution in [0.5, 0.6) is 10.8 Å². The minimum Gasteiger partial charge on any atom is -0.486 e. The molecular formula is C25H31F3N2O8S2. The Labute approximate surface area is 234 Å². The Hall–Kier alpha value is -3.07. The molecule has 0 spiro atoms. The first-order chi connectivity index (χ1) is 18.4. The first-order valence-corrected chi connectivity index (χ1v) is 14.7. The number of halogens is 3. The quantitative estimate of drug-likeness (QED) is 0.359. The molecule has 222 valence electrons. The van der Waals surface area contributed by atoms with Gasteiger partial charge in [-0.2, -0.15) is 21.6 Å². The molecular weight excluding hydrogens is 577 g/mol. The summed E-state index contributed by atoms with van der Waals surface area (Å²) in [5.41, 5.74) is -2.52. The highest BCUT2D eigenvalue weighted by Crippen LogP contribution is 2.42. The summed E-state index contributed by atoms with van der Waals surface area (Å²) in [5.74, 6) is -2.15. The molecule has 2 heterocycles. The van der Waals surface area contributed by atoms with Crippen molar-refractivity contribution in [1.82, 2.24) is 4.98 Å². The van der Waals surface area contributed by atoms with E-state index in [-0.39, 0.29) is 52.6 Å². The van der Waals surface area contributed by atoms with Gasteiger partial charge in [-0.05, 0) is 58.2 Å². The van der Waals surface area contributed by atoms with Crippen LogP contribution in [0.3, 0.4) is 0 Å². The van der Waals surface area contributed by atoms with E-state index in [9.17, 15) is 31.2 Å². The lowest BCUT2D eigenvalue weighted by Crippen LogP contribution is -2.44. The van der Waals surface area contributed by atoms with E-state index in [2.05, 4.69) is 9.72 Å². The molecule has 1 aliphatic heterocycles. The van der Waals surface area contributed by atoms with Crippen LogP contribution in [0, 0.1) is 0 Å². The summed E-state index contributed by atoms with van der Waals surface area (Å²) in [7, 11) is -4.39. The number of carbonyl (C=O) groups excluding carboxylic acids is 1. The predicted molar refractivity (Wildman–Crippen MR) is 139 cm³/mol. The zero-order valence-corrected chi connectivity index (χ0v) is 24.2. The Balaban J connectivity index is 2.02. The van der Waals surface area contributed by atoms with Gasteiger partial charge in [0.1, 0.15) is 11.9 Å². The minimum absolute atomic E-state index is 0.00796. The molecule has 3 rings (SSSR count). The maximum absolute atomic E-state index is 14.0. The summed E-state index contributed by atoms with van der Waals surface area (Å²) < 4.78 is 84.8. The number of aryl methyl sites for hydroxylation is 1. The molecule has 2 aromatic rings. The maximum atomic E-state index is 14.0.